The van der Waals surface area contributed by atoms with Gasteiger partial charge in [-0.1, -0.05) is 0 Å². The number of nitrogens with zero attached hydrogens (tertiary/aromatic N) is 2. The summed E-state index contributed by atoms with van der Waals surface area (Å²) in [4.78, 5) is 31.7. The summed E-state index contributed by atoms with van der Waals surface area (Å²) in [5.74, 6) is -0.275. The van der Waals surface area contributed by atoms with Gasteiger partial charge < -0.3 is 15.0 Å². The van der Waals surface area contributed by atoms with Gasteiger partial charge in [-0.25, -0.2) is 9.78 Å². The number of aliphatic carboxylic acids is 1. The van der Waals surface area contributed by atoms with Gasteiger partial charge in [-0.3, -0.25) is 4.79 Å². The average molecular weight is 267 g/mol. The van der Waals surface area contributed by atoms with E-state index in [-0.39, 0.29) is 11.3 Å². The van der Waals surface area contributed by atoms with Crippen molar-refractivity contribution in [3.8, 4) is 0 Å². The van der Waals surface area contributed by atoms with Gasteiger partial charge >= 0.3 is 5.97 Å². The van der Waals surface area contributed by atoms with E-state index in [1.54, 1.807) is 11.8 Å². The Bertz CT molecular complexity index is 472. The molecule has 1 saturated heterocycles. The van der Waals surface area contributed by atoms with Crippen molar-refractivity contribution >= 4 is 23.6 Å². The van der Waals surface area contributed by atoms with E-state index >= 15 is 0 Å². The highest BCUT2D eigenvalue weighted by Crippen LogP contribution is 2.45. The summed E-state index contributed by atoms with van der Waals surface area (Å²) in [5, 5.41) is 9.22. The van der Waals surface area contributed by atoms with E-state index in [0.717, 1.165) is 12.8 Å². The number of carboxylic acid groups (broad SMARTS) is 1. The van der Waals surface area contributed by atoms with Gasteiger partial charge in [0.15, 0.2) is 0 Å². The second-order valence-electron chi connectivity index (χ2n) is 4.59. The van der Waals surface area contributed by atoms with Crippen molar-refractivity contribution in [1.82, 2.24) is 14.9 Å². The number of amides is 1. The van der Waals surface area contributed by atoms with Crippen LogP contribution in [-0.4, -0.2) is 49.0 Å². The number of aromatic amines is 1. The molecule has 1 amide bonds. The Hall–Kier alpha value is -1.50. The van der Waals surface area contributed by atoms with Crippen LogP contribution >= 0.6 is 11.8 Å². The summed E-state index contributed by atoms with van der Waals surface area (Å²) >= 11 is 1.57. The standard InChI is InChI=1S/C11H13N3O3S/c15-9(7-3-12-5-13-7)14-8(11(16)17)4-18-10(14)6-1-2-6/h3,5-6,8,10H,1-2,4H2,(H,12,13)(H,16,17). The van der Waals surface area contributed by atoms with Gasteiger partial charge in [-0.15, -0.1) is 11.8 Å². The zero-order chi connectivity index (χ0) is 12.7. The van der Waals surface area contributed by atoms with Crippen LogP contribution in [-0.2, 0) is 4.79 Å². The largest absolute Gasteiger partial charge is 0.480 e. The molecule has 6 nitrogen and oxygen atoms in total. The molecule has 1 aromatic rings. The van der Waals surface area contributed by atoms with Crippen LogP contribution in [0.5, 0.6) is 0 Å². The number of thioether (sulfide) groups is 1. The van der Waals surface area contributed by atoms with Crippen molar-refractivity contribution in [2.75, 3.05) is 5.75 Å². The van der Waals surface area contributed by atoms with E-state index < -0.39 is 12.0 Å². The van der Waals surface area contributed by atoms with E-state index in [1.807, 2.05) is 0 Å². The van der Waals surface area contributed by atoms with Gasteiger partial charge in [0.25, 0.3) is 5.91 Å². The summed E-state index contributed by atoms with van der Waals surface area (Å²) in [5.41, 5.74) is 0.356. The first-order valence-corrected chi connectivity index (χ1v) is 6.89. The third-order valence-electron chi connectivity index (χ3n) is 3.31. The minimum absolute atomic E-state index is 0.00176. The maximum absolute atomic E-state index is 12.3. The predicted molar refractivity (Wildman–Crippen MR) is 65.2 cm³/mol. The van der Waals surface area contributed by atoms with Crippen molar-refractivity contribution in [3.05, 3.63) is 18.2 Å². The van der Waals surface area contributed by atoms with E-state index in [4.69, 9.17) is 0 Å². The van der Waals surface area contributed by atoms with Gasteiger partial charge in [0.1, 0.15) is 11.7 Å². The van der Waals surface area contributed by atoms with Crippen LogP contribution in [0.4, 0.5) is 0 Å². The Morgan fingerprint density at radius 3 is 2.83 bits per heavy atom. The Labute approximate surface area is 108 Å². The van der Waals surface area contributed by atoms with Gasteiger partial charge in [0.05, 0.1) is 17.9 Å². The van der Waals surface area contributed by atoms with Crippen LogP contribution in [0.2, 0.25) is 0 Å². The van der Waals surface area contributed by atoms with E-state index in [9.17, 15) is 14.7 Å². The number of carboxylic acids is 1. The lowest BCUT2D eigenvalue weighted by Crippen LogP contribution is -2.46. The van der Waals surface area contributed by atoms with Crippen LogP contribution < -0.4 is 0 Å². The van der Waals surface area contributed by atoms with Gasteiger partial charge in [-0.05, 0) is 18.8 Å². The molecule has 3 rings (SSSR count). The minimum Gasteiger partial charge on any atom is -0.480 e. The van der Waals surface area contributed by atoms with Crippen LogP contribution in [0.1, 0.15) is 23.3 Å². The molecule has 1 aromatic heterocycles. The Morgan fingerprint density at radius 2 is 2.28 bits per heavy atom. The zero-order valence-corrected chi connectivity index (χ0v) is 10.4. The summed E-state index contributed by atoms with van der Waals surface area (Å²) in [6.07, 6.45) is 5.03. The Kier molecular flexibility index (Phi) is 2.77. The first kappa shape index (κ1) is 11.6. The number of hydrogen-bond acceptors (Lipinski definition) is 4. The van der Waals surface area contributed by atoms with Crippen LogP contribution in [0.25, 0.3) is 0 Å². The molecule has 96 valence electrons. The molecular weight excluding hydrogens is 254 g/mol. The maximum Gasteiger partial charge on any atom is 0.327 e. The van der Waals surface area contributed by atoms with Gasteiger partial charge in [0.2, 0.25) is 0 Å². The maximum atomic E-state index is 12.3. The Balaban J connectivity index is 1.88. The smallest absolute Gasteiger partial charge is 0.327 e. The second-order valence-corrected chi connectivity index (χ2v) is 5.74. The lowest BCUT2D eigenvalue weighted by atomic mass is 10.2. The molecule has 0 radical (unpaired) electrons. The highest BCUT2D eigenvalue weighted by Gasteiger charge is 2.48. The second kappa shape index (κ2) is 4.31. The lowest BCUT2D eigenvalue weighted by Gasteiger charge is -2.26. The fourth-order valence-corrected chi connectivity index (χ4v) is 3.86. The van der Waals surface area contributed by atoms with Crippen molar-refractivity contribution in [2.45, 2.75) is 24.3 Å². The van der Waals surface area contributed by atoms with Crippen molar-refractivity contribution < 1.29 is 14.7 Å². The van der Waals surface area contributed by atoms with Crippen LogP contribution in [0, 0.1) is 5.92 Å². The summed E-state index contributed by atoms with van der Waals surface area (Å²) < 4.78 is 0. The molecule has 18 heavy (non-hydrogen) atoms. The molecule has 0 aromatic carbocycles. The minimum atomic E-state index is -0.932. The molecule has 0 bridgehead atoms. The fourth-order valence-electron chi connectivity index (χ4n) is 2.23. The van der Waals surface area contributed by atoms with Gasteiger partial charge in [0, 0.05) is 5.75 Å². The molecule has 2 unspecified atom stereocenters. The van der Waals surface area contributed by atoms with E-state index in [2.05, 4.69) is 9.97 Å². The summed E-state index contributed by atoms with van der Waals surface area (Å²) in [6, 6.07) is -0.726. The SMILES string of the molecule is O=C(O)C1CSC(C2CC2)N1C(=O)c1cnc[nH]1. The van der Waals surface area contributed by atoms with Crippen molar-refractivity contribution in [3.63, 3.8) is 0 Å². The average Bonchev–Trinajstić information content (AvgIpc) is 2.91. The van der Waals surface area contributed by atoms with E-state index in [0.29, 0.717) is 17.4 Å². The quantitative estimate of drug-likeness (QED) is 0.845. The Morgan fingerprint density at radius 1 is 1.50 bits per heavy atom. The molecule has 0 spiro atoms. The third-order valence-corrected chi connectivity index (χ3v) is 4.77. The predicted octanol–water partition coefficient (Wildman–Crippen LogP) is 0.788. The van der Waals surface area contributed by atoms with Crippen molar-refractivity contribution in [2.24, 2.45) is 5.92 Å². The number of carbonyl (C=O) groups excluding carboxylic acids is 1. The number of aromatic nitrogens is 2. The fraction of sp³-hybridized carbons (Fsp3) is 0.545. The van der Waals surface area contributed by atoms with E-state index in [1.165, 1.54) is 17.4 Å². The number of imidazole rings is 1. The number of carbonyl (C=O) groups is 2. The molecule has 2 aliphatic rings. The zero-order valence-electron chi connectivity index (χ0n) is 9.57. The number of nitrogens with one attached hydrogen (secondary N) is 1. The third kappa shape index (κ3) is 1.88. The lowest BCUT2D eigenvalue weighted by molar-refractivity contribution is -0.141. The van der Waals surface area contributed by atoms with Crippen LogP contribution in [0.3, 0.4) is 0 Å². The molecule has 2 N–H and O–H groups in total. The first-order valence-electron chi connectivity index (χ1n) is 5.84. The molecule has 2 fully saturated rings. The summed E-state index contributed by atoms with van der Waals surface area (Å²) in [7, 11) is 0. The van der Waals surface area contributed by atoms with Crippen molar-refractivity contribution in [1.29, 1.82) is 0 Å². The number of rotatable bonds is 3. The topological polar surface area (TPSA) is 86.3 Å². The number of H-pyrrole nitrogens is 1. The molecule has 7 heteroatoms. The monoisotopic (exact) mass is 267 g/mol. The molecule has 2 atom stereocenters. The molecule has 1 aliphatic heterocycles. The first-order chi connectivity index (χ1) is 8.68. The highest BCUT2D eigenvalue weighted by atomic mass is 32.2. The normalized spacial score (nSPS) is 27.4. The van der Waals surface area contributed by atoms with Crippen LogP contribution in [0.15, 0.2) is 12.5 Å². The molecule has 2 heterocycles. The molecule has 1 aliphatic carbocycles. The molecular formula is C11H13N3O3S. The van der Waals surface area contributed by atoms with Gasteiger partial charge in [-0.2, -0.15) is 0 Å². The number of hydrogen-bond donors (Lipinski definition) is 2. The molecule has 1 saturated carbocycles. The summed E-state index contributed by atoms with van der Waals surface area (Å²) in [6.45, 7) is 0. The highest BCUT2D eigenvalue weighted by molar-refractivity contribution is 8.00.